The summed E-state index contributed by atoms with van der Waals surface area (Å²) in [5, 5.41) is 0.842. The quantitative estimate of drug-likeness (QED) is 0.262. The first-order valence-corrected chi connectivity index (χ1v) is 15.9. The molecule has 0 aliphatic carbocycles. The van der Waals surface area contributed by atoms with E-state index in [1.807, 2.05) is 0 Å². The van der Waals surface area contributed by atoms with Gasteiger partial charge in [-0.15, -0.1) is 0 Å². The number of alkyl halides is 1. The van der Waals surface area contributed by atoms with E-state index in [1.165, 1.54) is 12.1 Å². The Bertz CT molecular complexity index is 1720. The van der Waals surface area contributed by atoms with E-state index in [9.17, 15) is 8.78 Å². The summed E-state index contributed by atoms with van der Waals surface area (Å²) in [5.41, 5.74) is 6.25. The van der Waals surface area contributed by atoms with E-state index in [1.54, 1.807) is 6.07 Å². The van der Waals surface area contributed by atoms with Crippen molar-refractivity contribution in [2.45, 2.75) is 75.2 Å². The minimum atomic E-state index is -0.889. The topological polar surface area (TPSA) is 80.4 Å². The Morgan fingerprint density at radius 2 is 1.88 bits per heavy atom. The van der Waals surface area contributed by atoms with Gasteiger partial charge in [0, 0.05) is 41.6 Å². The molecule has 0 amide bonds. The molecule has 4 saturated heterocycles. The highest BCUT2D eigenvalue weighted by atomic mass is 35.5. The van der Waals surface area contributed by atoms with Crippen molar-refractivity contribution in [2.75, 3.05) is 30.3 Å². The third-order valence-corrected chi connectivity index (χ3v) is 11.0. The van der Waals surface area contributed by atoms with E-state index >= 15 is 4.39 Å². The normalized spacial score (nSPS) is 27.4. The number of benzene rings is 2. The molecule has 4 fully saturated rings. The molecule has 2 aromatic heterocycles. The van der Waals surface area contributed by atoms with Crippen molar-refractivity contribution in [2.24, 2.45) is 0 Å². The van der Waals surface area contributed by atoms with Gasteiger partial charge in [0.2, 0.25) is 0 Å². The van der Waals surface area contributed by atoms with Gasteiger partial charge < -0.3 is 15.4 Å². The highest BCUT2D eigenvalue weighted by Gasteiger charge is 2.49. The fraction of sp³-hybridized carbons (Fsp3) is 0.500. The van der Waals surface area contributed by atoms with Gasteiger partial charge in [0.25, 0.3) is 0 Å². The van der Waals surface area contributed by atoms with E-state index in [2.05, 4.69) is 19.8 Å². The number of nitrogens with two attached hydrogens (primary N) is 1. The second-order valence-corrected chi connectivity index (χ2v) is 13.6. The summed E-state index contributed by atoms with van der Waals surface area (Å²) in [4.78, 5) is 18.2. The number of nitrogen functional groups attached to an aromatic ring is 1. The highest BCUT2D eigenvalue weighted by molar-refractivity contribution is 7.22. The fourth-order valence-corrected chi connectivity index (χ4v) is 9.03. The maximum Gasteiger partial charge on any atom is 0.319 e. The second-order valence-electron chi connectivity index (χ2n) is 12.2. The van der Waals surface area contributed by atoms with E-state index in [4.69, 9.17) is 27.1 Å². The number of nitrogens with zero attached hydrogens (tertiary/aromatic N) is 5. The monoisotopic (exact) mass is 614 g/mol. The molecule has 4 atom stereocenters. The van der Waals surface area contributed by atoms with Crippen LogP contribution in [0.15, 0.2) is 18.2 Å². The summed E-state index contributed by atoms with van der Waals surface area (Å²) in [6.07, 6.45) is 6.69. The molecule has 7 nitrogen and oxygen atoms in total. The maximum absolute atomic E-state index is 16.7. The Labute approximate surface area is 249 Å². The van der Waals surface area contributed by atoms with Crippen LogP contribution in [0.3, 0.4) is 0 Å². The molecule has 0 saturated carbocycles. The Hall–Kier alpha value is -2.89. The molecule has 0 spiro atoms. The standard InChI is InChI=1S/C30H30ClF3N6OS/c31-20-11-19-24(23(34)22(20)18-7-8-21(33)26-25(18)36-28(35)42-26)37-29(38-27(19)40-16-3-1-4-17(40)6-5-16)41-14-30-9-2-10-39(30)13-15(32)12-30/h7-8,11,15-17H,1-6,9-10,12-14H2,(H2,35,36)/t15-,16?,17?,30+/m1/s1. The van der Waals surface area contributed by atoms with Crippen LogP contribution in [0, 0.1) is 11.6 Å². The third-order valence-electron chi connectivity index (χ3n) is 9.79. The van der Waals surface area contributed by atoms with Crippen molar-refractivity contribution in [1.82, 2.24) is 19.9 Å². The molecule has 4 aromatic rings. The van der Waals surface area contributed by atoms with Crippen LogP contribution in [-0.4, -0.2) is 63.3 Å². The maximum atomic E-state index is 16.7. The van der Waals surface area contributed by atoms with Gasteiger partial charge in [-0.05, 0) is 69.7 Å². The van der Waals surface area contributed by atoms with Crippen LogP contribution in [0.5, 0.6) is 6.01 Å². The number of hydrogen-bond donors (Lipinski definition) is 1. The smallest absolute Gasteiger partial charge is 0.319 e. The highest BCUT2D eigenvalue weighted by Crippen LogP contribution is 2.46. The van der Waals surface area contributed by atoms with Crippen LogP contribution >= 0.6 is 22.9 Å². The van der Waals surface area contributed by atoms with Gasteiger partial charge in [0.05, 0.1) is 20.8 Å². The molecule has 2 bridgehead atoms. The van der Waals surface area contributed by atoms with Gasteiger partial charge in [-0.3, -0.25) is 4.90 Å². The minimum absolute atomic E-state index is 0.0698. The van der Waals surface area contributed by atoms with Gasteiger partial charge in [-0.2, -0.15) is 9.97 Å². The van der Waals surface area contributed by atoms with Gasteiger partial charge in [0.1, 0.15) is 29.9 Å². The number of thiazole rings is 1. The van der Waals surface area contributed by atoms with Crippen molar-refractivity contribution < 1.29 is 17.9 Å². The van der Waals surface area contributed by atoms with Crippen LogP contribution in [-0.2, 0) is 0 Å². The Morgan fingerprint density at radius 1 is 1.07 bits per heavy atom. The lowest BCUT2D eigenvalue weighted by Gasteiger charge is -2.36. The second kappa shape index (κ2) is 9.82. The van der Waals surface area contributed by atoms with Crippen molar-refractivity contribution in [3.8, 4) is 17.1 Å². The predicted molar refractivity (Wildman–Crippen MR) is 159 cm³/mol. The zero-order valence-corrected chi connectivity index (χ0v) is 24.5. The molecule has 2 unspecified atom stereocenters. The summed E-state index contributed by atoms with van der Waals surface area (Å²) < 4.78 is 52.2. The number of anilines is 2. The summed E-state index contributed by atoms with van der Waals surface area (Å²) in [7, 11) is 0. The molecular formula is C30H30ClF3N6OS. The van der Waals surface area contributed by atoms with Gasteiger partial charge in [0.15, 0.2) is 10.9 Å². The molecule has 6 heterocycles. The average Bonchev–Trinajstić information content (AvgIpc) is 3.68. The first-order chi connectivity index (χ1) is 20.3. The molecule has 4 aliphatic rings. The molecule has 0 radical (unpaired) electrons. The zero-order chi connectivity index (χ0) is 28.7. The lowest BCUT2D eigenvalue weighted by atomic mass is 9.95. The molecule has 220 valence electrons. The largest absolute Gasteiger partial charge is 0.461 e. The number of hydrogen-bond acceptors (Lipinski definition) is 8. The van der Waals surface area contributed by atoms with Crippen LogP contribution < -0.4 is 15.4 Å². The molecule has 12 heteroatoms. The molecule has 2 N–H and O–H groups in total. The van der Waals surface area contributed by atoms with Crippen LogP contribution in [0.2, 0.25) is 5.02 Å². The summed E-state index contributed by atoms with van der Waals surface area (Å²) >= 11 is 7.82. The zero-order valence-electron chi connectivity index (χ0n) is 22.9. The molecule has 8 rings (SSSR count). The third kappa shape index (κ3) is 4.06. The van der Waals surface area contributed by atoms with E-state index < -0.39 is 23.3 Å². The summed E-state index contributed by atoms with van der Waals surface area (Å²) in [6.45, 7) is 1.49. The predicted octanol–water partition coefficient (Wildman–Crippen LogP) is 6.90. The number of piperidine rings is 1. The SMILES string of the molecule is Nc1nc2c(-c3c(Cl)cc4c(N5C6CCCC5CC6)nc(OC[C@@]56CCCN5C[C@H](F)C6)nc4c3F)ccc(F)c2s1. The fourth-order valence-electron chi connectivity index (χ4n) is 7.97. The van der Waals surface area contributed by atoms with Crippen molar-refractivity contribution >= 4 is 55.0 Å². The molecule has 42 heavy (non-hydrogen) atoms. The van der Waals surface area contributed by atoms with Gasteiger partial charge in [-0.1, -0.05) is 22.9 Å². The lowest BCUT2D eigenvalue weighted by molar-refractivity contribution is 0.107. The minimum Gasteiger partial charge on any atom is -0.461 e. The number of ether oxygens (including phenoxy) is 1. The van der Waals surface area contributed by atoms with Crippen molar-refractivity contribution in [1.29, 1.82) is 0 Å². The van der Waals surface area contributed by atoms with Crippen LogP contribution in [0.1, 0.15) is 51.4 Å². The Morgan fingerprint density at radius 3 is 2.69 bits per heavy atom. The first-order valence-electron chi connectivity index (χ1n) is 14.7. The molecular weight excluding hydrogens is 585 g/mol. The van der Waals surface area contributed by atoms with E-state index in [0.29, 0.717) is 41.8 Å². The van der Waals surface area contributed by atoms with E-state index in [0.717, 1.165) is 62.8 Å². The summed E-state index contributed by atoms with van der Waals surface area (Å²) in [5.74, 6) is -0.517. The van der Waals surface area contributed by atoms with E-state index in [-0.39, 0.29) is 44.1 Å². The lowest BCUT2D eigenvalue weighted by Crippen LogP contribution is -2.43. The van der Waals surface area contributed by atoms with Crippen LogP contribution in [0.4, 0.5) is 24.1 Å². The summed E-state index contributed by atoms with van der Waals surface area (Å²) in [6, 6.07) is 5.12. The molecule has 2 aromatic carbocycles. The van der Waals surface area contributed by atoms with Gasteiger partial charge in [-0.25, -0.2) is 18.2 Å². The van der Waals surface area contributed by atoms with Crippen molar-refractivity contribution in [3.63, 3.8) is 0 Å². The number of rotatable bonds is 5. The Kier molecular flexibility index (Phi) is 6.25. The molecule has 4 aliphatic heterocycles. The number of aromatic nitrogens is 3. The first kappa shape index (κ1) is 26.7. The van der Waals surface area contributed by atoms with Crippen LogP contribution in [0.25, 0.3) is 32.2 Å². The van der Waals surface area contributed by atoms with Crippen molar-refractivity contribution in [3.05, 3.63) is 34.9 Å². The average molecular weight is 615 g/mol. The van der Waals surface area contributed by atoms with Gasteiger partial charge >= 0.3 is 6.01 Å². The Balaban J connectivity index is 1.29. The number of fused-ring (bicyclic) bond motifs is 5. The number of halogens is 4.